The molecule has 3 aromatic rings. The summed E-state index contributed by atoms with van der Waals surface area (Å²) in [7, 11) is 0. The Labute approximate surface area is 149 Å². The molecule has 0 aliphatic rings. The number of esters is 1. The van der Waals surface area contributed by atoms with Gasteiger partial charge in [-0.15, -0.1) is 11.3 Å². The number of para-hydroxylation sites is 1. The second-order valence-electron chi connectivity index (χ2n) is 5.63. The quantitative estimate of drug-likeness (QED) is 0.516. The molecular weight excluding hydrogens is 338 g/mol. The molecule has 0 bridgehead atoms. The fourth-order valence-electron chi connectivity index (χ4n) is 2.57. The summed E-state index contributed by atoms with van der Waals surface area (Å²) in [5.41, 5.74) is 2.06. The third-order valence-corrected chi connectivity index (χ3v) is 5.14. The summed E-state index contributed by atoms with van der Waals surface area (Å²) in [4.78, 5) is 25.6. The van der Waals surface area contributed by atoms with E-state index in [0.29, 0.717) is 28.5 Å². The molecule has 0 radical (unpaired) electrons. The summed E-state index contributed by atoms with van der Waals surface area (Å²) < 4.78 is 10.7. The maximum absolute atomic E-state index is 12.4. The lowest BCUT2D eigenvalue weighted by Gasteiger charge is -2.06. The molecule has 0 spiro atoms. The zero-order valence-corrected chi connectivity index (χ0v) is 15.2. The first-order valence-electron chi connectivity index (χ1n) is 8.04. The number of anilines is 1. The van der Waals surface area contributed by atoms with Gasteiger partial charge in [-0.25, -0.2) is 4.79 Å². The molecule has 0 amide bonds. The van der Waals surface area contributed by atoms with Crippen LogP contribution in [0, 0.1) is 13.8 Å². The van der Waals surface area contributed by atoms with Crippen molar-refractivity contribution in [3.8, 4) is 0 Å². The molecule has 0 aliphatic heterocycles. The Hall–Kier alpha value is -2.60. The molecule has 2 heterocycles. The lowest BCUT2D eigenvalue weighted by atomic mass is 10.1. The van der Waals surface area contributed by atoms with Crippen LogP contribution in [-0.2, 0) is 4.74 Å². The van der Waals surface area contributed by atoms with Crippen LogP contribution in [0.3, 0.4) is 0 Å². The van der Waals surface area contributed by atoms with E-state index in [9.17, 15) is 9.59 Å². The van der Waals surface area contributed by atoms with E-state index in [1.54, 1.807) is 13.0 Å². The van der Waals surface area contributed by atoms with Crippen molar-refractivity contribution in [2.45, 2.75) is 20.8 Å². The molecule has 0 atom stereocenters. The van der Waals surface area contributed by atoms with Gasteiger partial charge in [0.05, 0.1) is 18.7 Å². The molecule has 25 heavy (non-hydrogen) atoms. The van der Waals surface area contributed by atoms with Gasteiger partial charge in [0.15, 0.2) is 5.76 Å². The minimum Gasteiger partial charge on any atom is -0.462 e. The van der Waals surface area contributed by atoms with E-state index in [0.717, 1.165) is 15.8 Å². The van der Waals surface area contributed by atoms with E-state index in [1.165, 1.54) is 11.3 Å². The van der Waals surface area contributed by atoms with Gasteiger partial charge in [0.25, 0.3) is 0 Å². The van der Waals surface area contributed by atoms with Crippen molar-refractivity contribution in [2.24, 2.45) is 0 Å². The van der Waals surface area contributed by atoms with E-state index in [2.05, 4.69) is 5.32 Å². The third kappa shape index (κ3) is 3.44. The van der Waals surface area contributed by atoms with E-state index in [-0.39, 0.29) is 18.3 Å². The summed E-state index contributed by atoms with van der Waals surface area (Å²) >= 11 is 1.44. The van der Waals surface area contributed by atoms with Crippen LogP contribution in [0.25, 0.3) is 11.0 Å². The van der Waals surface area contributed by atoms with E-state index >= 15 is 0 Å². The van der Waals surface area contributed by atoms with Gasteiger partial charge in [-0.3, -0.25) is 4.79 Å². The van der Waals surface area contributed by atoms with Gasteiger partial charge in [0, 0.05) is 10.3 Å². The van der Waals surface area contributed by atoms with Crippen LogP contribution in [-0.4, -0.2) is 24.9 Å². The minimum atomic E-state index is -0.372. The van der Waals surface area contributed by atoms with Gasteiger partial charge < -0.3 is 14.5 Å². The zero-order valence-electron chi connectivity index (χ0n) is 14.3. The van der Waals surface area contributed by atoms with Crippen molar-refractivity contribution < 1.29 is 18.7 Å². The number of carbonyl (C=O) groups excluding carboxylic acids is 2. The van der Waals surface area contributed by atoms with Crippen molar-refractivity contribution in [1.82, 2.24) is 0 Å². The van der Waals surface area contributed by atoms with Crippen LogP contribution in [0.4, 0.5) is 5.00 Å². The number of Topliss-reactive ketones (excluding diaryl/α,β-unsaturated/α-hetero) is 1. The number of aryl methyl sites for hydroxylation is 1. The molecule has 3 rings (SSSR count). The third-order valence-electron chi connectivity index (χ3n) is 3.97. The number of nitrogens with one attached hydrogen (secondary N) is 1. The summed E-state index contributed by atoms with van der Waals surface area (Å²) in [6.07, 6.45) is 0. The molecule has 1 N–H and O–H groups in total. The minimum absolute atomic E-state index is 0.0472. The van der Waals surface area contributed by atoms with Gasteiger partial charge in [0.1, 0.15) is 10.6 Å². The fraction of sp³-hybridized carbons (Fsp3) is 0.263. The summed E-state index contributed by atoms with van der Waals surface area (Å²) in [5.74, 6) is -0.242. The Morgan fingerprint density at radius 1 is 1.24 bits per heavy atom. The zero-order chi connectivity index (χ0) is 18.0. The number of thiophene rings is 1. The second-order valence-corrected chi connectivity index (χ2v) is 6.86. The Morgan fingerprint density at radius 3 is 2.72 bits per heavy atom. The maximum atomic E-state index is 12.4. The topological polar surface area (TPSA) is 68.5 Å². The second kappa shape index (κ2) is 7.11. The smallest absolute Gasteiger partial charge is 0.341 e. The van der Waals surface area contributed by atoms with E-state index in [1.807, 2.05) is 38.1 Å². The molecule has 0 saturated carbocycles. The highest BCUT2D eigenvalue weighted by Crippen LogP contribution is 2.33. The van der Waals surface area contributed by atoms with Crippen LogP contribution in [0.15, 0.2) is 34.7 Å². The largest absolute Gasteiger partial charge is 0.462 e. The van der Waals surface area contributed by atoms with Gasteiger partial charge in [0.2, 0.25) is 5.78 Å². The number of ketones is 1. The Kier molecular flexibility index (Phi) is 4.90. The average molecular weight is 357 g/mol. The number of fused-ring (bicyclic) bond motifs is 1. The van der Waals surface area contributed by atoms with Crippen LogP contribution in [0.1, 0.15) is 38.3 Å². The number of benzene rings is 1. The first-order chi connectivity index (χ1) is 12.0. The Morgan fingerprint density at radius 2 is 2.00 bits per heavy atom. The standard InChI is InChI=1S/C19H19NO4S/c1-4-23-19(22)17-11(2)12(3)25-18(17)20-10-14(21)16-9-13-7-5-6-8-15(13)24-16/h5-9,20H,4,10H2,1-3H3. The van der Waals surface area contributed by atoms with Crippen LogP contribution < -0.4 is 5.32 Å². The molecule has 130 valence electrons. The molecular formula is C19H19NO4S. The molecule has 0 aliphatic carbocycles. The maximum Gasteiger partial charge on any atom is 0.341 e. The van der Waals surface area contributed by atoms with Gasteiger partial charge >= 0.3 is 5.97 Å². The van der Waals surface area contributed by atoms with E-state index in [4.69, 9.17) is 9.15 Å². The summed E-state index contributed by atoms with van der Waals surface area (Å²) in [6, 6.07) is 9.21. The first-order valence-corrected chi connectivity index (χ1v) is 8.85. The molecule has 6 heteroatoms. The predicted octanol–water partition coefficient (Wildman–Crippen LogP) is 4.58. The molecule has 0 fully saturated rings. The summed E-state index contributed by atoms with van der Waals surface area (Å²) in [6.45, 7) is 5.94. The number of ether oxygens (including phenoxy) is 1. The van der Waals surface area contributed by atoms with Crippen LogP contribution in [0.5, 0.6) is 0 Å². The van der Waals surface area contributed by atoms with Crippen molar-refractivity contribution in [1.29, 1.82) is 0 Å². The monoisotopic (exact) mass is 357 g/mol. The number of rotatable bonds is 6. The highest BCUT2D eigenvalue weighted by atomic mass is 32.1. The predicted molar refractivity (Wildman–Crippen MR) is 98.8 cm³/mol. The Balaban J connectivity index is 1.78. The number of carbonyl (C=O) groups is 2. The number of hydrogen-bond acceptors (Lipinski definition) is 6. The van der Waals surface area contributed by atoms with Crippen LogP contribution in [0.2, 0.25) is 0 Å². The number of furan rings is 1. The lowest BCUT2D eigenvalue weighted by molar-refractivity contribution is 0.0527. The first kappa shape index (κ1) is 17.2. The fourth-order valence-corrected chi connectivity index (χ4v) is 3.61. The molecule has 2 aromatic heterocycles. The molecule has 0 saturated heterocycles. The van der Waals surface area contributed by atoms with Crippen molar-refractivity contribution in [3.63, 3.8) is 0 Å². The van der Waals surface area contributed by atoms with E-state index < -0.39 is 0 Å². The SMILES string of the molecule is CCOC(=O)c1c(NCC(=O)c2cc3ccccc3o2)sc(C)c1C. The molecule has 0 unspecified atom stereocenters. The van der Waals surface area contributed by atoms with Crippen molar-refractivity contribution in [3.05, 3.63) is 52.1 Å². The van der Waals surface area contributed by atoms with Gasteiger partial charge in [-0.2, -0.15) is 0 Å². The average Bonchev–Trinajstić information content (AvgIpc) is 3.14. The Bertz CT molecular complexity index is 905. The lowest BCUT2D eigenvalue weighted by Crippen LogP contribution is -2.15. The summed E-state index contributed by atoms with van der Waals surface area (Å²) in [5, 5.41) is 4.61. The highest BCUT2D eigenvalue weighted by molar-refractivity contribution is 7.16. The highest BCUT2D eigenvalue weighted by Gasteiger charge is 2.21. The van der Waals surface area contributed by atoms with Crippen LogP contribution >= 0.6 is 11.3 Å². The van der Waals surface area contributed by atoms with Crippen molar-refractivity contribution >= 4 is 39.1 Å². The molecule has 5 nitrogen and oxygen atoms in total. The number of hydrogen-bond donors (Lipinski definition) is 1. The van der Waals surface area contributed by atoms with Crippen molar-refractivity contribution in [2.75, 3.05) is 18.5 Å². The molecule has 1 aromatic carbocycles. The normalized spacial score (nSPS) is 10.8. The van der Waals surface area contributed by atoms with Gasteiger partial charge in [-0.05, 0) is 38.5 Å². The van der Waals surface area contributed by atoms with Gasteiger partial charge in [-0.1, -0.05) is 18.2 Å².